The van der Waals surface area contributed by atoms with E-state index in [9.17, 15) is 0 Å². The lowest BCUT2D eigenvalue weighted by atomic mass is 10.2. The topological polar surface area (TPSA) is 9.23 Å². The Balaban J connectivity index is 1.98. The summed E-state index contributed by atoms with van der Waals surface area (Å²) in [5.41, 5.74) is 0. The van der Waals surface area contributed by atoms with Crippen LogP contribution in [0.2, 0.25) is 0 Å². The lowest BCUT2D eigenvalue weighted by Gasteiger charge is -2.05. The van der Waals surface area contributed by atoms with Crippen molar-refractivity contribution in [3.63, 3.8) is 0 Å². The summed E-state index contributed by atoms with van der Waals surface area (Å²) in [7, 11) is 1.72. The molecule has 0 aliphatic heterocycles. The molecule has 1 atom stereocenters. The molecule has 1 radical (unpaired) electrons. The molecule has 0 aromatic rings. The molecule has 1 aliphatic carbocycles. The quantitative estimate of drug-likeness (QED) is 0.540. The molecular formula is C7H13O. The molecule has 0 heterocycles. The molecule has 1 nitrogen and oxygen atoms in total. The van der Waals surface area contributed by atoms with Crippen molar-refractivity contribution in [3.05, 3.63) is 6.92 Å². The maximum Gasteiger partial charge on any atom is 0.0575 e. The summed E-state index contributed by atoms with van der Waals surface area (Å²) < 4.78 is 4.99. The van der Waals surface area contributed by atoms with Gasteiger partial charge in [-0.3, -0.25) is 0 Å². The highest BCUT2D eigenvalue weighted by Gasteiger charge is 2.23. The molecule has 0 saturated heterocycles. The molecule has 0 bridgehead atoms. The molecule has 47 valence electrons. The molecule has 8 heavy (non-hydrogen) atoms. The average Bonchev–Trinajstić information content (AvgIpc) is 2.50. The Kier molecular flexibility index (Phi) is 1.90. The van der Waals surface area contributed by atoms with Gasteiger partial charge in [0.1, 0.15) is 0 Å². The summed E-state index contributed by atoms with van der Waals surface area (Å²) in [6, 6.07) is 0. The van der Waals surface area contributed by atoms with Crippen LogP contribution in [0, 0.1) is 12.8 Å². The minimum absolute atomic E-state index is 0.238. The van der Waals surface area contributed by atoms with Crippen LogP contribution in [-0.2, 0) is 4.74 Å². The molecule has 1 heteroatoms. The Bertz CT molecular complexity index is 66.8. The SMILES string of the molecule is [CH2]C(CC1CC1)OC. The molecule has 1 aliphatic rings. The van der Waals surface area contributed by atoms with Crippen molar-refractivity contribution in [1.82, 2.24) is 0 Å². The van der Waals surface area contributed by atoms with E-state index in [1.807, 2.05) is 0 Å². The largest absolute Gasteiger partial charge is 0.381 e. The van der Waals surface area contributed by atoms with Gasteiger partial charge in [-0.1, -0.05) is 12.8 Å². The third-order valence-corrected chi connectivity index (χ3v) is 1.63. The summed E-state index contributed by atoms with van der Waals surface area (Å²) in [6.45, 7) is 3.81. The number of rotatable bonds is 3. The summed E-state index contributed by atoms with van der Waals surface area (Å²) in [6.07, 6.45) is 4.20. The minimum atomic E-state index is 0.238. The number of hydrogen-bond acceptors (Lipinski definition) is 1. The van der Waals surface area contributed by atoms with E-state index in [0.29, 0.717) is 0 Å². The zero-order valence-electron chi connectivity index (χ0n) is 5.39. The summed E-state index contributed by atoms with van der Waals surface area (Å²) in [4.78, 5) is 0. The van der Waals surface area contributed by atoms with E-state index in [4.69, 9.17) is 4.74 Å². The summed E-state index contributed by atoms with van der Waals surface area (Å²) >= 11 is 0. The first kappa shape index (κ1) is 6.09. The van der Waals surface area contributed by atoms with Crippen LogP contribution < -0.4 is 0 Å². The van der Waals surface area contributed by atoms with Crippen molar-refractivity contribution < 1.29 is 4.74 Å². The van der Waals surface area contributed by atoms with Crippen LogP contribution in [0.1, 0.15) is 19.3 Å². The van der Waals surface area contributed by atoms with Gasteiger partial charge in [-0.15, -0.1) is 0 Å². The van der Waals surface area contributed by atoms with Gasteiger partial charge in [0, 0.05) is 7.11 Å². The lowest BCUT2D eigenvalue weighted by molar-refractivity contribution is 0.126. The molecule has 0 aromatic carbocycles. The molecule has 0 N–H and O–H groups in total. The third-order valence-electron chi connectivity index (χ3n) is 1.63. The van der Waals surface area contributed by atoms with E-state index in [-0.39, 0.29) is 6.10 Å². The van der Waals surface area contributed by atoms with Gasteiger partial charge < -0.3 is 4.74 Å². The normalized spacial score (nSPS) is 23.2. The smallest absolute Gasteiger partial charge is 0.0575 e. The second kappa shape index (κ2) is 2.49. The van der Waals surface area contributed by atoms with E-state index >= 15 is 0 Å². The number of hydrogen-bond donors (Lipinski definition) is 0. The predicted molar refractivity (Wildman–Crippen MR) is 33.5 cm³/mol. The fourth-order valence-corrected chi connectivity index (χ4v) is 0.822. The van der Waals surface area contributed by atoms with Crippen molar-refractivity contribution in [1.29, 1.82) is 0 Å². The highest BCUT2D eigenvalue weighted by molar-refractivity contribution is 4.77. The second-order valence-corrected chi connectivity index (χ2v) is 2.54. The van der Waals surface area contributed by atoms with Crippen molar-refractivity contribution in [3.8, 4) is 0 Å². The van der Waals surface area contributed by atoms with Crippen molar-refractivity contribution in [2.24, 2.45) is 5.92 Å². The Morgan fingerprint density at radius 2 is 2.38 bits per heavy atom. The van der Waals surface area contributed by atoms with Crippen LogP contribution in [0.4, 0.5) is 0 Å². The molecule has 0 spiro atoms. The van der Waals surface area contributed by atoms with Crippen LogP contribution in [0.3, 0.4) is 0 Å². The molecular weight excluding hydrogens is 100 g/mol. The van der Waals surface area contributed by atoms with Crippen LogP contribution in [0.25, 0.3) is 0 Å². The van der Waals surface area contributed by atoms with Crippen LogP contribution in [-0.4, -0.2) is 13.2 Å². The molecule has 1 saturated carbocycles. The first-order valence-corrected chi connectivity index (χ1v) is 3.19. The van der Waals surface area contributed by atoms with Gasteiger partial charge in [0.15, 0.2) is 0 Å². The monoisotopic (exact) mass is 113 g/mol. The molecule has 0 aromatic heterocycles. The van der Waals surface area contributed by atoms with E-state index in [1.54, 1.807) is 7.11 Å². The second-order valence-electron chi connectivity index (χ2n) is 2.54. The fourth-order valence-electron chi connectivity index (χ4n) is 0.822. The fraction of sp³-hybridized carbons (Fsp3) is 0.857. The zero-order chi connectivity index (χ0) is 5.98. The maximum absolute atomic E-state index is 4.99. The van der Waals surface area contributed by atoms with Gasteiger partial charge in [-0.2, -0.15) is 0 Å². The van der Waals surface area contributed by atoms with Gasteiger partial charge in [-0.25, -0.2) is 0 Å². The maximum atomic E-state index is 4.99. The molecule has 1 rings (SSSR count). The Morgan fingerprint density at radius 3 is 2.75 bits per heavy atom. The van der Waals surface area contributed by atoms with E-state index < -0.39 is 0 Å². The average molecular weight is 113 g/mol. The predicted octanol–water partition coefficient (Wildman–Crippen LogP) is 1.64. The first-order valence-electron chi connectivity index (χ1n) is 3.19. The Labute approximate surface area is 51.0 Å². The Hall–Kier alpha value is -0.0400. The third kappa shape index (κ3) is 1.83. The van der Waals surface area contributed by atoms with Crippen LogP contribution in [0.5, 0.6) is 0 Å². The van der Waals surface area contributed by atoms with Crippen molar-refractivity contribution in [2.45, 2.75) is 25.4 Å². The lowest BCUT2D eigenvalue weighted by Crippen LogP contribution is -2.04. The molecule has 0 amide bonds. The summed E-state index contributed by atoms with van der Waals surface area (Å²) in [5.74, 6) is 0.942. The van der Waals surface area contributed by atoms with E-state index in [0.717, 1.165) is 12.3 Å². The van der Waals surface area contributed by atoms with Gasteiger partial charge in [0.05, 0.1) is 6.10 Å². The van der Waals surface area contributed by atoms with Gasteiger partial charge in [0.25, 0.3) is 0 Å². The van der Waals surface area contributed by atoms with Crippen LogP contribution in [0.15, 0.2) is 0 Å². The number of ether oxygens (including phenoxy) is 1. The number of methoxy groups -OCH3 is 1. The molecule has 1 fully saturated rings. The highest BCUT2D eigenvalue weighted by atomic mass is 16.5. The van der Waals surface area contributed by atoms with E-state index in [2.05, 4.69) is 6.92 Å². The van der Waals surface area contributed by atoms with Gasteiger partial charge >= 0.3 is 0 Å². The van der Waals surface area contributed by atoms with Crippen LogP contribution >= 0.6 is 0 Å². The standard InChI is InChI=1S/C7H13O/c1-6(8-2)5-7-3-4-7/h6-7H,1,3-5H2,2H3. The van der Waals surface area contributed by atoms with Crippen molar-refractivity contribution in [2.75, 3.05) is 7.11 Å². The minimum Gasteiger partial charge on any atom is -0.381 e. The first-order chi connectivity index (χ1) is 3.83. The molecule has 1 unspecified atom stereocenters. The van der Waals surface area contributed by atoms with Crippen molar-refractivity contribution >= 4 is 0 Å². The highest BCUT2D eigenvalue weighted by Crippen LogP contribution is 2.33. The van der Waals surface area contributed by atoms with Gasteiger partial charge in [-0.05, 0) is 19.3 Å². The van der Waals surface area contributed by atoms with Gasteiger partial charge in [0.2, 0.25) is 0 Å². The summed E-state index contributed by atoms with van der Waals surface area (Å²) in [5, 5.41) is 0. The zero-order valence-corrected chi connectivity index (χ0v) is 5.39. The van der Waals surface area contributed by atoms with E-state index in [1.165, 1.54) is 12.8 Å². The Morgan fingerprint density at radius 1 is 1.75 bits per heavy atom.